The molecule has 1 atom stereocenters. The van der Waals surface area contributed by atoms with Crippen LogP contribution in [-0.2, 0) is 12.8 Å². The Morgan fingerprint density at radius 2 is 2.15 bits per heavy atom. The number of hydrogen-bond donors (Lipinski definition) is 1. The summed E-state index contributed by atoms with van der Waals surface area (Å²) in [5, 5.41) is 0. The summed E-state index contributed by atoms with van der Waals surface area (Å²) in [6, 6.07) is 6.75. The lowest BCUT2D eigenvalue weighted by Crippen LogP contribution is -2.28. The molecule has 0 spiro atoms. The monoisotopic (exact) mass is 261 g/mol. The fraction of sp³-hybridized carbons (Fsp3) is 0.400. The Morgan fingerprint density at radius 3 is 2.92 bits per heavy atom. The van der Waals surface area contributed by atoms with Gasteiger partial charge >= 0.3 is 0 Å². The lowest BCUT2D eigenvalue weighted by molar-refractivity contribution is 0.575. The topological polar surface area (TPSA) is 26.0 Å². The summed E-state index contributed by atoms with van der Waals surface area (Å²) < 4.78 is 1.22. The maximum absolute atomic E-state index is 5.90. The third-order valence-electron chi connectivity index (χ3n) is 2.47. The van der Waals surface area contributed by atoms with Gasteiger partial charge in [0.15, 0.2) is 0 Å². The van der Waals surface area contributed by atoms with E-state index in [-0.39, 0.29) is 12.4 Å². The van der Waals surface area contributed by atoms with Crippen LogP contribution in [0.5, 0.6) is 0 Å². The summed E-state index contributed by atoms with van der Waals surface area (Å²) in [7, 11) is 0. The van der Waals surface area contributed by atoms with E-state index in [4.69, 9.17) is 5.73 Å². The first-order valence-corrected chi connectivity index (χ1v) is 5.08. The van der Waals surface area contributed by atoms with Gasteiger partial charge in [-0.2, -0.15) is 0 Å². The maximum atomic E-state index is 5.90. The van der Waals surface area contributed by atoms with Gasteiger partial charge in [-0.05, 0) is 36.5 Å². The minimum Gasteiger partial charge on any atom is -0.327 e. The van der Waals surface area contributed by atoms with Gasteiger partial charge in [0.1, 0.15) is 0 Å². The van der Waals surface area contributed by atoms with E-state index in [1.54, 1.807) is 0 Å². The molecule has 1 aliphatic rings. The molecule has 13 heavy (non-hydrogen) atoms. The molecule has 3 heteroatoms. The van der Waals surface area contributed by atoms with Crippen LogP contribution in [0, 0.1) is 0 Å². The summed E-state index contributed by atoms with van der Waals surface area (Å²) >= 11 is 3.55. The summed E-state index contributed by atoms with van der Waals surface area (Å²) in [4.78, 5) is 0. The number of nitrogens with two attached hydrogens (primary N) is 1. The zero-order valence-electron chi connectivity index (χ0n) is 7.29. The van der Waals surface area contributed by atoms with Crippen molar-refractivity contribution in [3.05, 3.63) is 33.8 Å². The van der Waals surface area contributed by atoms with Crippen LogP contribution in [0.3, 0.4) is 0 Å². The Balaban J connectivity index is 0.000000845. The highest BCUT2D eigenvalue weighted by Crippen LogP contribution is 2.27. The SMILES string of the molecule is Cl.N[C@H]1CCc2cccc(Br)c2C1. The molecule has 0 radical (unpaired) electrons. The van der Waals surface area contributed by atoms with E-state index in [9.17, 15) is 0 Å². The highest BCUT2D eigenvalue weighted by atomic mass is 79.9. The van der Waals surface area contributed by atoms with Gasteiger partial charge in [0.25, 0.3) is 0 Å². The predicted octanol–water partition coefficient (Wildman–Crippen LogP) is 2.69. The Hall–Kier alpha value is -0.0500. The standard InChI is InChI=1S/C10H12BrN.ClH/c11-10-3-1-2-7-4-5-8(12)6-9(7)10;/h1-3,8H,4-6,12H2;1H/t8-;/m0./s1. The largest absolute Gasteiger partial charge is 0.327 e. The van der Waals surface area contributed by atoms with Crippen LogP contribution in [0.25, 0.3) is 0 Å². The minimum atomic E-state index is 0. The van der Waals surface area contributed by atoms with Crippen molar-refractivity contribution in [2.24, 2.45) is 5.73 Å². The van der Waals surface area contributed by atoms with Gasteiger partial charge in [-0.3, -0.25) is 0 Å². The number of benzene rings is 1. The highest BCUT2D eigenvalue weighted by Gasteiger charge is 2.16. The molecule has 0 heterocycles. The second-order valence-corrected chi connectivity index (χ2v) is 4.23. The zero-order valence-corrected chi connectivity index (χ0v) is 9.70. The Bertz CT molecular complexity index is 301. The first kappa shape index (κ1) is 11.0. The van der Waals surface area contributed by atoms with E-state index in [1.165, 1.54) is 15.6 Å². The Kier molecular flexibility index (Phi) is 3.77. The van der Waals surface area contributed by atoms with E-state index >= 15 is 0 Å². The van der Waals surface area contributed by atoms with E-state index < -0.39 is 0 Å². The van der Waals surface area contributed by atoms with Crippen molar-refractivity contribution in [3.63, 3.8) is 0 Å². The molecule has 0 fully saturated rings. The van der Waals surface area contributed by atoms with Gasteiger partial charge in [-0.15, -0.1) is 12.4 Å². The van der Waals surface area contributed by atoms with Crippen molar-refractivity contribution in [2.45, 2.75) is 25.3 Å². The second-order valence-electron chi connectivity index (χ2n) is 3.38. The molecule has 1 aromatic carbocycles. The molecule has 1 aliphatic carbocycles. The van der Waals surface area contributed by atoms with Gasteiger partial charge < -0.3 is 5.73 Å². The highest BCUT2D eigenvalue weighted by molar-refractivity contribution is 9.10. The zero-order chi connectivity index (χ0) is 8.55. The van der Waals surface area contributed by atoms with Gasteiger partial charge in [0, 0.05) is 10.5 Å². The van der Waals surface area contributed by atoms with Crippen LogP contribution in [-0.4, -0.2) is 6.04 Å². The minimum absolute atomic E-state index is 0. The Labute approximate surface area is 93.2 Å². The second kappa shape index (κ2) is 4.45. The average molecular weight is 263 g/mol. The number of aryl methyl sites for hydroxylation is 1. The summed E-state index contributed by atoms with van der Waals surface area (Å²) in [6.45, 7) is 0. The fourth-order valence-electron chi connectivity index (χ4n) is 1.77. The first-order valence-electron chi connectivity index (χ1n) is 4.29. The Morgan fingerprint density at radius 1 is 1.38 bits per heavy atom. The molecule has 0 bridgehead atoms. The van der Waals surface area contributed by atoms with E-state index in [2.05, 4.69) is 34.1 Å². The molecule has 0 unspecified atom stereocenters. The molecule has 1 aromatic rings. The van der Waals surface area contributed by atoms with Crippen molar-refractivity contribution in [1.29, 1.82) is 0 Å². The summed E-state index contributed by atoms with van der Waals surface area (Å²) in [5.41, 5.74) is 8.77. The number of halogens is 2. The van der Waals surface area contributed by atoms with Crippen molar-refractivity contribution in [2.75, 3.05) is 0 Å². The van der Waals surface area contributed by atoms with Crippen molar-refractivity contribution < 1.29 is 0 Å². The van der Waals surface area contributed by atoms with Gasteiger partial charge in [0.2, 0.25) is 0 Å². The summed E-state index contributed by atoms with van der Waals surface area (Å²) in [5.74, 6) is 0. The number of rotatable bonds is 0. The first-order chi connectivity index (χ1) is 5.77. The molecule has 72 valence electrons. The number of fused-ring (bicyclic) bond motifs is 1. The van der Waals surface area contributed by atoms with Gasteiger partial charge in [-0.1, -0.05) is 28.1 Å². The third-order valence-corrected chi connectivity index (χ3v) is 3.21. The van der Waals surface area contributed by atoms with Crippen LogP contribution < -0.4 is 5.73 Å². The van der Waals surface area contributed by atoms with Crippen LogP contribution in [0.2, 0.25) is 0 Å². The normalized spacial score (nSPS) is 20.3. The smallest absolute Gasteiger partial charge is 0.0210 e. The van der Waals surface area contributed by atoms with Crippen LogP contribution in [0.4, 0.5) is 0 Å². The third kappa shape index (κ3) is 2.25. The van der Waals surface area contributed by atoms with Crippen LogP contribution >= 0.6 is 28.3 Å². The fourth-order valence-corrected chi connectivity index (χ4v) is 2.34. The molecule has 2 N–H and O–H groups in total. The molecule has 0 aromatic heterocycles. The molecule has 0 saturated carbocycles. The molecule has 0 amide bonds. The van der Waals surface area contributed by atoms with E-state index in [0.717, 1.165) is 19.3 Å². The van der Waals surface area contributed by atoms with Crippen LogP contribution in [0.15, 0.2) is 22.7 Å². The molecule has 2 rings (SSSR count). The molecule has 0 saturated heterocycles. The number of hydrogen-bond acceptors (Lipinski definition) is 1. The van der Waals surface area contributed by atoms with Crippen LogP contribution in [0.1, 0.15) is 17.5 Å². The lowest BCUT2D eigenvalue weighted by atomic mass is 9.89. The van der Waals surface area contributed by atoms with Crippen molar-refractivity contribution >= 4 is 28.3 Å². The van der Waals surface area contributed by atoms with Crippen molar-refractivity contribution in [1.82, 2.24) is 0 Å². The van der Waals surface area contributed by atoms with E-state index in [0.29, 0.717) is 6.04 Å². The predicted molar refractivity (Wildman–Crippen MR) is 61.4 cm³/mol. The molecular formula is C10H13BrClN. The summed E-state index contributed by atoms with van der Waals surface area (Å²) in [6.07, 6.45) is 3.29. The van der Waals surface area contributed by atoms with Gasteiger partial charge in [0.05, 0.1) is 0 Å². The quantitative estimate of drug-likeness (QED) is 0.764. The molecule has 0 aliphatic heterocycles. The molecular weight excluding hydrogens is 249 g/mol. The molecule has 1 nitrogen and oxygen atoms in total. The van der Waals surface area contributed by atoms with Crippen molar-refractivity contribution in [3.8, 4) is 0 Å². The van der Waals surface area contributed by atoms with E-state index in [1.807, 2.05) is 0 Å². The van der Waals surface area contributed by atoms with Gasteiger partial charge in [-0.25, -0.2) is 0 Å². The maximum Gasteiger partial charge on any atom is 0.0210 e. The lowest BCUT2D eigenvalue weighted by Gasteiger charge is -2.22. The average Bonchev–Trinajstić information content (AvgIpc) is 2.07.